The van der Waals surface area contributed by atoms with E-state index in [0.717, 1.165) is 0 Å². The number of rotatable bonds is 2. The lowest BCUT2D eigenvalue weighted by molar-refractivity contribution is -0.144. The molecule has 0 aliphatic heterocycles. The normalized spacial score (nSPS) is 13.3. The molecule has 0 spiro atoms. The van der Waals surface area contributed by atoms with Crippen molar-refractivity contribution >= 4 is 0 Å². The van der Waals surface area contributed by atoms with E-state index in [1.807, 2.05) is 12.0 Å². The molecule has 1 aromatic rings. The molecule has 0 amide bonds. The van der Waals surface area contributed by atoms with Gasteiger partial charge in [0.25, 0.3) is 0 Å². The number of nitrogens with zero attached hydrogens (tertiary/aromatic N) is 2. The molecule has 0 atom stereocenters. The number of hydrogen-bond donors (Lipinski definition) is 1. The van der Waals surface area contributed by atoms with Crippen LogP contribution in [0.3, 0.4) is 0 Å². The maximum atomic E-state index is 12.2. The summed E-state index contributed by atoms with van der Waals surface area (Å²) in [6.07, 6.45) is -3.77. The summed E-state index contributed by atoms with van der Waals surface area (Å²) in [5, 5.41) is 5.47. The van der Waals surface area contributed by atoms with Gasteiger partial charge in [0.2, 0.25) is 5.82 Å². The first-order chi connectivity index (χ1) is 6.27. The predicted octanol–water partition coefficient (Wildman–Crippen LogP) is 2.51. The van der Waals surface area contributed by atoms with Crippen LogP contribution in [0.2, 0.25) is 0 Å². The number of alkyl halides is 3. The molecule has 1 rings (SSSR count). The van der Waals surface area contributed by atoms with E-state index in [9.17, 15) is 13.2 Å². The first-order valence-corrected chi connectivity index (χ1v) is 4.27. The third-order valence-electron chi connectivity index (χ3n) is 2.24. The number of halogens is 3. The zero-order valence-electron chi connectivity index (χ0n) is 8.24. The van der Waals surface area contributed by atoms with Crippen molar-refractivity contribution in [1.29, 1.82) is 0 Å². The maximum absolute atomic E-state index is 12.2. The highest BCUT2D eigenvalue weighted by Crippen LogP contribution is 2.29. The largest absolute Gasteiger partial charge is 0.451 e. The van der Waals surface area contributed by atoms with E-state index in [0.29, 0.717) is 6.42 Å². The molecule has 3 nitrogen and oxygen atoms in total. The highest BCUT2D eigenvalue weighted by atomic mass is 19.4. The fourth-order valence-electron chi connectivity index (χ4n) is 0.849. The summed E-state index contributed by atoms with van der Waals surface area (Å²) < 4.78 is 36.5. The van der Waals surface area contributed by atoms with Crippen LogP contribution < -0.4 is 0 Å². The van der Waals surface area contributed by atoms with E-state index in [4.69, 9.17) is 0 Å². The first kappa shape index (κ1) is 11.0. The Morgan fingerprint density at radius 1 is 1.29 bits per heavy atom. The molecular formula is C8H12F3N3. The lowest BCUT2D eigenvalue weighted by Gasteiger charge is -2.17. The average molecular weight is 207 g/mol. The van der Waals surface area contributed by atoms with Gasteiger partial charge in [0, 0.05) is 5.41 Å². The highest BCUT2D eigenvalue weighted by molar-refractivity contribution is 5.05. The third-order valence-corrected chi connectivity index (χ3v) is 2.24. The van der Waals surface area contributed by atoms with Crippen LogP contribution in [0.4, 0.5) is 13.2 Å². The summed E-state index contributed by atoms with van der Waals surface area (Å²) in [6.45, 7) is 5.48. The standard InChI is InChI=1S/C8H12F3N3/c1-4-7(2,3)5-12-6(14-13-5)8(9,10)11/h4H2,1-3H3,(H,12,13,14). The molecule has 0 unspecified atom stereocenters. The van der Waals surface area contributed by atoms with Gasteiger partial charge in [-0.1, -0.05) is 20.8 Å². The van der Waals surface area contributed by atoms with E-state index in [-0.39, 0.29) is 5.82 Å². The summed E-state index contributed by atoms with van der Waals surface area (Å²) in [7, 11) is 0. The van der Waals surface area contributed by atoms with E-state index in [2.05, 4.69) is 10.1 Å². The molecule has 14 heavy (non-hydrogen) atoms. The number of hydrogen-bond acceptors (Lipinski definition) is 2. The molecule has 6 heteroatoms. The van der Waals surface area contributed by atoms with E-state index in [1.165, 1.54) is 0 Å². The van der Waals surface area contributed by atoms with Crippen molar-refractivity contribution in [3.05, 3.63) is 11.6 Å². The van der Waals surface area contributed by atoms with Crippen molar-refractivity contribution in [2.75, 3.05) is 0 Å². The van der Waals surface area contributed by atoms with Crippen LogP contribution in [0.5, 0.6) is 0 Å². The highest BCUT2D eigenvalue weighted by Gasteiger charge is 2.37. The van der Waals surface area contributed by atoms with E-state index in [1.54, 1.807) is 13.8 Å². The Kier molecular flexibility index (Phi) is 2.56. The monoisotopic (exact) mass is 207 g/mol. The van der Waals surface area contributed by atoms with Gasteiger partial charge in [0.15, 0.2) is 5.82 Å². The maximum Gasteiger partial charge on any atom is 0.451 e. The Balaban J connectivity index is 3.00. The average Bonchev–Trinajstić information content (AvgIpc) is 2.51. The number of H-pyrrole nitrogens is 1. The Labute approximate surface area is 79.7 Å². The van der Waals surface area contributed by atoms with Crippen molar-refractivity contribution in [2.45, 2.75) is 38.8 Å². The fraction of sp³-hybridized carbons (Fsp3) is 0.750. The summed E-state index contributed by atoms with van der Waals surface area (Å²) in [5.41, 5.74) is -0.431. The second kappa shape index (κ2) is 3.25. The van der Waals surface area contributed by atoms with Gasteiger partial charge in [-0.15, -0.1) is 0 Å². The minimum absolute atomic E-state index is 0.201. The van der Waals surface area contributed by atoms with Gasteiger partial charge in [-0.05, 0) is 6.42 Å². The number of aromatic amines is 1. The van der Waals surface area contributed by atoms with Crippen LogP contribution in [0.15, 0.2) is 0 Å². The Morgan fingerprint density at radius 2 is 1.86 bits per heavy atom. The lowest BCUT2D eigenvalue weighted by Crippen LogP contribution is -2.18. The Hall–Kier alpha value is -1.07. The molecule has 1 N–H and O–H groups in total. The van der Waals surface area contributed by atoms with Crippen molar-refractivity contribution in [2.24, 2.45) is 0 Å². The summed E-state index contributed by atoms with van der Waals surface area (Å²) in [4.78, 5) is 3.43. The lowest BCUT2D eigenvalue weighted by atomic mass is 9.90. The molecule has 1 aromatic heterocycles. The Bertz CT molecular complexity index is 314. The zero-order chi connectivity index (χ0) is 11.0. The predicted molar refractivity (Wildman–Crippen MR) is 44.7 cm³/mol. The van der Waals surface area contributed by atoms with Gasteiger partial charge in [-0.2, -0.15) is 18.3 Å². The van der Waals surface area contributed by atoms with Crippen LogP contribution in [0.1, 0.15) is 38.8 Å². The van der Waals surface area contributed by atoms with Crippen LogP contribution in [-0.2, 0) is 11.6 Å². The molecule has 0 fully saturated rings. The molecule has 1 heterocycles. The molecule has 0 saturated carbocycles. The van der Waals surface area contributed by atoms with Gasteiger partial charge < -0.3 is 0 Å². The summed E-state index contributed by atoms with van der Waals surface area (Å²) in [5.74, 6) is -0.832. The third kappa shape index (κ3) is 2.05. The molecule has 0 aromatic carbocycles. The number of aromatic nitrogens is 3. The second-order valence-corrected chi connectivity index (χ2v) is 3.74. The summed E-state index contributed by atoms with van der Waals surface area (Å²) in [6, 6.07) is 0. The van der Waals surface area contributed by atoms with Crippen molar-refractivity contribution in [1.82, 2.24) is 15.2 Å². The quantitative estimate of drug-likeness (QED) is 0.809. The van der Waals surface area contributed by atoms with Crippen LogP contribution in [0.25, 0.3) is 0 Å². The van der Waals surface area contributed by atoms with Crippen LogP contribution in [0, 0.1) is 0 Å². The van der Waals surface area contributed by atoms with Gasteiger partial charge in [-0.25, -0.2) is 4.98 Å². The van der Waals surface area contributed by atoms with Gasteiger partial charge in [0.1, 0.15) is 0 Å². The molecule has 0 radical (unpaired) electrons. The van der Waals surface area contributed by atoms with E-state index >= 15 is 0 Å². The van der Waals surface area contributed by atoms with E-state index < -0.39 is 17.4 Å². The van der Waals surface area contributed by atoms with Gasteiger partial charge in [-0.3, -0.25) is 5.10 Å². The number of nitrogens with one attached hydrogen (secondary N) is 1. The summed E-state index contributed by atoms with van der Waals surface area (Å²) >= 11 is 0. The second-order valence-electron chi connectivity index (χ2n) is 3.74. The van der Waals surface area contributed by atoms with Gasteiger partial charge >= 0.3 is 6.18 Å². The van der Waals surface area contributed by atoms with Crippen molar-refractivity contribution in [3.63, 3.8) is 0 Å². The Morgan fingerprint density at radius 3 is 2.21 bits per heavy atom. The molecule has 0 saturated heterocycles. The molecule has 0 aliphatic carbocycles. The molecule has 0 bridgehead atoms. The van der Waals surface area contributed by atoms with Crippen molar-refractivity contribution in [3.8, 4) is 0 Å². The smallest absolute Gasteiger partial charge is 0.255 e. The molecular weight excluding hydrogens is 195 g/mol. The molecule has 80 valence electrons. The SMILES string of the molecule is CCC(C)(C)c1n[nH]c(C(F)(F)F)n1. The van der Waals surface area contributed by atoms with Crippen LogP contribution >= 0.6 is 0 Å². The minimum atomic E-state index is -4.45. The fourth-order valence-corrected chi connectivity index (χ4v) is 0.849. The van der Waals surface area contributed by atoms with Gasteiger partial charge in [0.05, 0.1) is 0 Å². The van der Waals surface area contributed by atoms with Crippen molar-refractivity contribution < 1.29 is 13.2 Å². The topological polar surface area (TPSA) is 41.6 Å². The zero-order valence-corrected chi connectivity index (χ0v) is 8.24. The van der Waals surface area contributed by atoms with Crippen LogP contribution in [-0.4, -0.2) is 15.2 Å². The molecule has 0 aliphatic rings. The minimum Gasteiger partial charge on any atom is -0.255 e. The first-order valence-electron chi connectivity index (χ1n) is 4.27.